The molecule has 0 aliphatic heterocycles. The molecular formula is C11H23O2P. The van der Waals surface area contributed by atoms with Gasteiger partial charge in [-0.25, -0.2) is 0 Å². The van der Waals surface area contributed by atoms with E-state index in [0.717, 1.165) is 32.1 Å². The number of esters is 1. The minimum atomic E-state index is -0.335. The van der Waals surface area contributed by atoms with Gasteiger partial charge in [-0.05, 0) is 19.3 Å². The van der Waals surface area contributed by atoms with Crippen molar-refractivity contribution in [3.63, 3.8) is 0 Å². The fourth-order valence-electron chi connectivity index (χ4n) is 1.56. The summed E-state index contributed by atoms with van der Waals surface area (Å²) in [6, 6.07) is 0. The van der Waals surface area contributed by atoms with Gasteiger partial charge in [-0.15, -0.1) is 9.24 Å². The molecule has 0 aliphatic carbocycles. The van der Waals surface area contributed by atoms with Gasteiger partial charge in [0.15, 0.2) is 0 Å². The number of carbonyl (C=O) groups is 1. The second kappa shape index (κ2) is 7.23. The maximum Gasteiger partial charge on any atom is 0.315 e. The highest BCUT2D eigenvalue weighted by Gasteiger charge is 2.32. The van der Waals surface area contributed by atoms with Crippen LogP contribution in [0.25, 0.3) is 0 Å². The summed E-state index contributed by atoms with van der Waals surface area (Å²) >= 11 is 0. The highest BCUT2D eigenvalue weighted by Crippen LogP contribution is 2.31. The highest BCUT2D eigenvalue weighted by molar-refractivity contribution is 7.21. The zero-order chi connectivity index (χ0) is 11.0. The predicted molar refractivity (Wildman–Crippen MR) is 63.5 cm³/mol. The molecule has 0 bridgehead atoms. The predicted octanol–water partition coefficient (Wildman–Crippen LogP) is 3.15. The Balaban J connectivity index is 4.23. The van der Waals surface area contributed by atoms with Crippen LogP contribution in [0.15, 0.2) is 0 Å². The molecule has 84 valence electrons. The molecule has 0 aromatic carbocycles. The molecule has 0 radical (unpaired) electrons. The van der Waals surface area contributed by atoms with Gasteiger partial charge in [0.25, 0.3) is 0 Å². The zero-order valence-corrected chi connectivity index (χ0v) is 10.8. The van der Waals surface area contributed by atoms with E-state index in [0.29, 0.717) is 6.61 Å². The number of hydrogen-bond acceptors (Lipinski definition) is 2. The summed E-state index contributed by atoms with van der Waals surface area (Å²) in [5.41, 5.74) is 0. The van der Waals surface area contributed by atoms with Crippen molar-refractivity contribution in [1.29, 1.82) is 0 Å². The summed E-state index contributed by atoms with van der Waals surface area (Å²) in [5.74, 6) is -0.0481. The maximum absolute atomic E-state index is 11.8. The first-order chi connectivity index (χ1) is 6.60. The summed E-state index contributed by atoms with van der Waals surface area (Å²) in [4.78, 5) is 11.8. The van der Waals surface area contributed by atoms with Gasteiger partial charge in [0.1, 0.15) is 0 Å². The average Bonchev–Trinajstić information content (AvgIpc) is 2.15. The van der Waals surface area contributed by atoms with Crippen LogP contribution < -0.4 is 0 Å². The third kappa shape index (κ3) is 4.41. The quantitative estimate of drug-likeness (QED) is 0.484. The molecule has 0 aliphatic rings. The van der Waals surface area contributed by atoms with Gasteiger partial charge in [0.2, 0.25) is 0 Å². The van der Waals surface area contributed by atoms with Gasteiger partial charge in [0.05, 0.1) is 11.8 Å². The van der Waals surface area contributed by atoms with E-state index in [-0.39, 0.29) is 11.1 Å². The molecule has 0 N–H and O–H groups in total. The Labute approximate surface area is 90.0 Å². The molecule has 1 unspecified atom stereocenters. The van der Waals surface area contributed by atoms with Crippen molar-refractivity contribution in [2.75, 3.05) is 6.61 Å². The van der Waals surface area contributed by atoms with E-state index in [1.807, 2.05) is 6.92 Å². The molecule has 0 heterocycles. The molecule has 0 amide bonds. The van der Waals surface area contributed by atoms with E-state index in [1.165, 1.54) is 0 Å². The largest absolute Gasteiger partial charge is 0.465 e. The lowest BCUT2D eigenvalue weighted by molar-refractivity contribution is -0.147. The molecular weight excluding hydrogens is 195 g/mol. The Bertz CT molecular complexity index is 163. The van der Waals surface area contributed by atoms with Crippen LogP contribution in [0.5, 0.6) is 0 Å². The smallest absolute Gasteiger partial charge is 0.315 e. The van der Waals surface area contributed by atoms with Crippen molar-refractivity contribution >= 4 is 15.2 Å². The van der Waals surface area contributed by atoms with Crippen LogP contribution in [0.2, 0.25) is 0 Å². The second-order valence-corrected chi connectivity index (χ2v) is 4.90. The van der Waals surface area contributed by atoms with Crippen molar-refractivity contribution in [1.82, 2.24) is 0 Å². The van der Waals surface area contributed by atoms with Crippen LogP contribution in [0.4, 0.5) is 0 Å². The summed E-state index contributed by atoms with van der Waals surface area (Å²) < 4.78 is 5.20. The molecule has 3 heteroatoms. The lowest BCUT2D eigenvalue weighted by Gasteiger charge is -2.26. The SMILES string of the molecule is CCCOC(=O)C(P)(CCC)CCC. The first-order valence-electron chi connectivity index (χ1n) is 5.56. The molecule has 0 saturated heterocycles. The zero-order valence-electron chi connectivity index (χ0n) is 9.64. The molecule has 1 atom stereocenters. The van der Waals surface area contributed by atoms with E-state index >= 15 is 0 Å². The van der Waals surface area contributed by atoms with E-state index in [2.05, 4.69) is 23.1 Å². The van der Waals surface area contributed by atoms with Crippen LogP contribution in [-0.4, -0.2) is 17.7 Å². The fraction of sp³-hybridized carbons (Fsp3) is 0.909. The monoisotopic (exact) mass is 218 g/mol. The average molecular weight is 218 g/mol. The normalized spacial score (nSPS) is 11.4. The first-order valence-corrected chi connectivity index (χ1v) is 6.14. The Morgan fingerprint density at radius 2 is 1.64 bits per heavy atom. The minimum absolute atomic E-state index is 0.0481. The Kier molecular flexibility index (Phi) is 7.17. The standard InChI is InChI=1S/C11H23O2P/c1-4-7-11(14,8-5-2)10(12)13-9-6-3/h4-9,14H2,1-3H3. The van der Waals surface area contributed by atoms with Crippen LogP contribution in [0.1, 0.15) is 52.9 Å². The van der Waals surface area contributed by atoms with E-state index in [4.69, 9.17) is 4.74 Å². The first kappa shape index (κ1) is 13.9. The Morgan fingerprint density at radius 1 is 1.14 bits per heavy atom. The Hall–Kier alpha value is -0.100. The van der Waals surface area contributed by atoms with Crippen LogP contribution in [-0.2, 0) is 9.53 Å². The van der Waals surface area contributed by atoms with Crippen molar-refractivity contribution < 1.29 is 9.53 Å². The molecule has 0 rings (SSSR count). The summed E-state index contributed by atoms with van der Waals surface area (Å²) in [7, 11) is 2.69. The lowest BCUT2D eigenvalue weighted by Crippen LogP contribution is -2.33. The Morgan fingerprint density at radius 3 is 2.00 bits per heavy atom. The minimum Gasteiger partial charge on any atom is -0.465 e. The van der Waals surface area contributed by atoms with Crippen molar-refractivity contribution in [2.45, 2.75) is 58.0 Å². The van der Waals surface area contributed by atoms with Crippen LogP contribution in [0.3, 0.4) is 0 Å². The molecule has 14 heavy (non-hydrogen) atoms. The van der Waals surface area contributed by atoms with E-state index in [9.17, 15) is 4.79 Å². The molecule has 2 nitrogen and oxygen atoms in total. The number of ether oxygens (including phenoxy) is 1. The molecule has 0 saturated carbocycles. The van der Waals surface area contributed by atoms with Gasteiger partial charge in [-0.3, -0.25) is 4.79 Å². The number of carbonyl (C=O) groups excluding carboxylic acids is 1. The van der Waals surface area contributed by atoms with Crippen molar-refractivity contribution in [3.05, 3.63) is 0 Å². The van der Waals surface area contributed by atoms with E-state index in [1.54, 1.807) is 0 Å². The number of hydrogen-bond donors (Lipinski definition) is 0. The molecule has 0 spiro atoms. The number of rotatable bonds is 7. The molecule has 0 aromatic rings. The van der Waals surface area contributed by atoms with Gasteiger partial charge < -0.3 is 4.74 Å². The van der Waals surface area contributed by atoms with Crippen LogP contribution in [0, 0.1) is 0 Å². The van der Waals surface area contributed by atoms with Gasteiger partial charge in [-0.1, -0.05) is 33.6 Å². The topological polar surface area (TPSA) is 26.3 Å². The molecule has 0 fully saturated rings. The summed E-state index contributed by atoms with van der Waals surface area (Å²) in [5, 5.41) is -0.335. The van der Waals surface area contributed by atoms with Crippen molar-refractivity contribution in [3.8, 4) is 0 Å². The summed E-state index contributed by atoms with van der Waals surface area (Å²) in [6.07, 6.45) is 4.72. The maximum atomic E-state index is 11.8. The van der Waals surface area contributed by atoms with Crippen molar-refractivity contribution in [2.24, 2.45) is 0 Å². The third-order valence-corrected chi connectivity index (χ3v) is 3.05. The second-order valence-electron chi connectivity index (χ2n) is 3.79. The fourth-order valence-corrected chi connectivity index (χ4v) is 2.22. The van der Waals surface area contributed by atoms with Gasteiger partial charge in [-0.2, -0.15) is 0 Å². The third-order valence-electron chi connectivity index (χ3n) is 2.24. The van der Waals surface area contributed by atoms with Gasteiger partial charge >= 0.3 is 5.97 Å². The van der Waals surface area contributed by atoms with Gasteiger partial charge in [0, 0.05) is 0 Å². The lowest BCUT2D eigenvalue weighted by atomic mass is 9.97. The summed E-state index contributed by atoms with van der Waals surface area (Å²) in [6.45, 7) is 6.75. The highest BCUT2D eigenvalue weighted by atomic mass is 31.0. The van der Waals surface area contributed by atoms with Crippen LogP contribution >= 0.6 is 9.24 Å². The van der Waals surface area contributed by atoms with E-state index < -0.39 is 0 Å². The molecule has 0 aromatic heterocycles.